The summed E-state index contributed by atoms with van der Waals surface area (Å²) in [6.07, 6.45) is 2.19. The fourth-order valence-electron chi connectivity index (χ4n) is 1.27. The SMILES string of the molecule is CCC(CN)Cc1nc(C)c(C)s1. The largest absolute Gasteiger partial charge is 0.330 e. The molecule has 0 aromatic carbocycles. The molecular formula is C10H18N2S. The molecule has 1 unspecified atom stereocenters. The van der Waals surface area contributed by atoms with Crippen LogP contribution < -0.4 is 5.73 Å². The van der Waals surface area contributed by atoms with Crippen LogP contribution in [0.1, 0.15) is 28.9 Å². The Morgan fingerprint density at radius 3 is 2.54 bits per heavy atom. The summed E-state index contributed by atoms with van der Waals surface area (Å²) >= 11 is 1.81. The van der Waals surface area contributed by atoms with Gasteiger partial charge in [-0.05, 0) is 26.3 Å². The van der Waals surface area contributed by atoms with Crippen molar-refractivity contribution in [3.05, 3.63) is 15.6 Å². The van der Waals surface area contributed by atoms with E-state index >= 15 is 0 Å². The van der Waals surface area contributed by atoms with E-state index in [1.165, 1.54) is 15.6 Å². The van der Waals surface area contributed by atoms with Crippen LogP contribution in [0.4, 0.5) is 0 Å². The zero-order valence-corrected chi connectivity index (χ0v) is 9.45. The number of thiazole rings is 1. The molecule has 0 aliphatic heterocycles. The van der Waals surface area contributed by atoms with Crippen molar-refractivity contribution in [1.29, 1.82) is 0 Å². The van der Waals surface area contributed by atoms with Gasteiger partial charge in [-0.1, -0.05) is 13.3 Å². The molecule has 2 N–H and O–H groups in total. The first-order valence-corrected chi connectivity index (χ1v) is 5.62. The van der Waals surface area contributed by atoms with Gasteiger partial charge in [0.05, 0.1) is 10.7 Å². The van der Waals surface area contributed by atoms with Gasteiger partial charge in [0.15, 0.2) is 0 Å². The minimum absolute atomic E-state index is 0.602. The van der Waals surface area contributed by atoms with Crippen molar-refractivity contribution in [2.45, 2.75) is 33.6 Å². The van der Waals surface area contributed by atoms with Crippen LogP contribution in [0.15, 0.2) is 0 Å². The van der Waals surface area contributed by atoms with E-state index in [1.54, 1.807) is 11.3 Å². The summed E-state index contributed by atoms with van der Waals surface area (Å²) < 4.78 is 0. The van der Waals surface area contributed by atoms with E-state index in [0.29, 0.717) is 5.92 Å². The number of aromatic nitrogens is 1. The Morgan fingerprint density at radius 1 is 1.46 bits per heavy atom. The van der Waals surface area contributed by atoms with E-state index in [-0.39, 0.29) is 0 Å². The molecule has 1 aromatic rings. The van der Waals surface area contributed by atoms with Crippen molar-refractivity contribution in [3.63, 3.8) is 0 Å². The quantitative estimate of drug-likeness (QED) is 0.806. The Morgan fingerprint density at radius 2 is 2.15 bits per heavy atom. The van der Waals surface area contributed by atoms with E-state index in [0.717, 1.165) is 19.4 Å². The lowest BCUT2D eigenvalue weighted by Crippen LogP contribution is -2.15. The molecular weight excluding hydrogens is 180 g/mol. The first kappa shape index (κ1) is 10.7. The van der Waals surface area contributed by atoms with E-state index in [2.05, 4.69) is 25.8 Å². The van der Waals surface area contributed by atoms with Gasteiger partial charge in [-0.25, -0.2) is 4.98 Å². The topological polar surface area (TPSA) is 38.9 Å². The molecule has 0 aliphatic carbocycles. The third-order valence-corrected chi connectivity index (χ3v) is 3.54. The minimum Gasteiger partial charge on any atom is -0.330 e. The van der Waals surface area contributed by atoms with Crippen molar-refractivity contribution >= 4 is 11.3 Å². The number of rotatable bonds is 4. The molecule has 3 heteroatoms. The Kier molecular flexibility index (Phi) is 3.88. The molecule has 0 aliphatic rings. The van der Waals surface area contributed by atoms with Crippen molar-refractivity contribution in [2.75, 3.05) is 6.54 Å². The summed E-state index contributed by atoms with van der Waals surface area (Å²) in [4.78, 5) is 5.84. The number of nitrogens with two attached hydrogens (primary N) is 1. The molecule has 0 spiro atoms. The van der Waals surface area contributed by atoms with Gasteiger partial charge in [-0.15, -0.1) is 11.3 Å². The van der Waals surface area contributed by atoms with Crippen LogP contribution in [0, 0.1) is 19.8 Å². The van der Waals surface area contributed by atoms with Crippen LogP contribution >= 0.6 is 11.3 Å². The summed E-state index contributed by atoms with van der Waals surface area (Å²) in [5.74, 6) is 0.602. The smallest absolute Gasteiger partial charge is 0.0934 e. The number of aryl methyl sites for hydroxylation is 2. The summed E-state index contributed by atoms with van der Waals surface area (Å²) in [7, 11) is 0. The molecule has 0 bridgehead atoms. The molecule has 74 valence electrons. The van der Waals surface area contributed by atoms with Crippen LogP contribution in [0.25, 0.3) is 0 Å². The molecule has 1 heterocycles. The Balaban J connectivity index is 2.62. The minimum atomic E-state index is 0.602. The van der Waals surface area contributed by atoms with E-state index in [1.807, 2.05) is 0 Å². The highest BCUT2D eigenvalue weighted by Gasteiger charge is 2.09. The first-order valence-electron chi connectivity index (χ1n) is 4.80. The standard InChI is InChI=1S/C10H18N2S/c1-4-9(6-11)5-10-12-7(2)8(3)13-10/h9H,4-6,11H2,1-3H3. The maximum atomic E-state index is 5.65. The second-order valence-corrected chi connectivity index (χ2v) is 4.75. The lowest BCUT2D eigenvalue weighted by Gasteiger charge is -2.08. The summed E-state index contributed by atoms with van der Waals surface area (Å²) in [6.45, 7) is 7.15. The third-order valence-electron chi connectivity index (χ3n) is 2.45. The molecule has 2 nitrogen and oxygen atoms in total. The van der Waals surface area contributed by atoms with Crippen LogP contribution in [0.5, 0.6) is 0 Å². The fourth-order valence-corrected chi connectivity index (χ4v) is 2.32. The summed E-state index contributed by atoms with van der Waals surface area (Å²) in [6, 6.07) is 0. The van der Waals surface area contributed by atoms with Crippen LogP contribution in [-0.2, 0) is 6.42 Å². The number of nitrogens with zero attached hydrogens (tertiary/aromatic N) is 1. The van der Waals surface area contributed by atoms with Crippen molar-refractivity contribution in [2.24, 2.45) is 11.7 Å². The normalized spacial score (nSPS) is 13.2. The highest BCUT2D eigenvalue weighted by molar-refractivity contribution is 7.11. The zero-order valence-electron chi connectivity index (χ0n) is 8.63. The number of hydrogen-bond acceptors (Lipinski definition) is 3. The molecule has 0 saturated heterocycles. The zero-order chi connectivity index (χ0) is 9.84. The van der Waals surface area contributed by atoms with Gasteiger partial charge in [0.25, 0.3) is 0 Å². The Labute approximate surface area is 84.2 Å². The predicted molar refractivity (Wildman–Crippen MR) is 58.1 cm³/mol. The van der Waals surface area contributed by atoms with Gasteiger partial charge in [0.1, 0.15) is 0 Å². The van der Waals surface area contributed by atoms with Gasteiger partial charge < -0.3 is 5.73 Å². The number of hydrogen-bond donors (Lipinski definition) is 1. The average molecular weight is 198 g/mol. The molecule has 1 atom stereocenters. The third kappa shape index (κ3) is 2.78. The van der Waals surface area contributed by atoms with Crippen molar-refractivity contribution in [1.82, 2.24) is 4.98 Å². The predicted octanol–water partition coefficient (Wildman–Crippen LogP) is 2.29. The fraction of sp³-hybridized carbons (Fsp3) is 0.700. The Bertz CT molecular complexity index is 244. The molecule has 0 radical (unpaired) electrons. The molecule has 13 heavy (non-hydrogen) atoms. The summed E-state index contributed by atoms with van der Waals surface area (Å²) in [5.41, 5.74) is 6.83. The lowest BCUT2D eigenvalue weighted by atomic mass is 10.0. The van der Waals surface area contributed by atoms with Crippen LogP contribution in [0.2, 0.25) is 0 Å². The van der Waals surface area contributed by atoms with Crippen LogP contribution in [0.3, 0.4) is 0 Å². The van der Waals surface area contributed by atoms with Gasteiger partial charge >= 0.3 is 0 Å². The molecule has 1 rings (SSSR count). The summed E-state index contributed by atoms with van der Waals surface area (Å²) in [5, 5.41) is 1.24. The van der Waals surface area contributed by atoms with E-state index in [4.69, 9.17) is 5.73 Å². The molecule has 0 amide bonds. The van der Waals surface area contributed by atoms with Gasteiger partial charge in [-0.3, -0.25) is 0 Å². The maximum absolute atomic E-state index is 5.65. The van der Waals surface area contributed by atoms with Gasteiger partial charge in [0.2, 0.25) is 0 Å². The lowest BCUT2D eigenvalue weighted by molar-refractivity contribution is 0.517. The second kappa shape index (κ2) is 4.72. The highest BCUT2D eigenvalue weighted by atomic mass is 32.1. The molecule has 1 aromatic heterocycles. The highest BCUT2D eigenvalue weighted by Crippen LogP contribution is 2.20. The van der Waals surface area contributed by atoms with Crippen molar-refractivity contribution in [3.8, 4) is 0 Å². The molecule has 0 fully saturated rings. The Hall–Kier alpha value is -0.410. The monoisotopic (exact) mass is 198 g/mol. The molecule has 0 saturated carbocycles. The van der Waals surface area contributed by atoms with Crippen LogP contribution in [-0.4, -0.2) is 11.5 Å². The van der Waals surface area contributed by atoms with E-state index in [9.17, 15) is 0 Å². The maximum Gasteiger partial charge on any atom is 0.0934 e. The first-order chi connectivity index (χ1) is 6.17. The average Bonchev–Trinajstić information content (AvgIpc) is 2.42. The van der Waals surface area contributed by atoms with Crippen molar-refractivity contribution < 1.29 is 0 Å². The second-order valence-electron chi connectivity index (χ2n) is 3.46. The van der Waals surface area contributed by atoms with Gasteiger partial charge in [0, 0.05) is 11.3 Å². The van der Waals surface area contributed by atoms with E-state index < -0.39 is 0 Å². The van der Waals surface area contributed by atoms with Gasteiger partial charge in [-0.2, -0.15) is 0 Å².